The number of aryl methyl sites for hydroxylation is 1. The van der Waals surface area contributed by atoms with Crippen molar-refractivity contribution in [2.75, 3.05) is 5.73 Å². The molecular weight excluding hydrogens is 257 g/mol. The lowest BCUT2D eigenvalue weighted by Gasteiger charge is -2.10. The van der Waals surface area contributed by atoms with Crippen LogP contribution in [-0.4, -0.2) is 4.98 Å². The second-order valence-corrected chi connectivity index (χ2v) is 3.97. The van der Waals surface area contributed by atoms with Gasteiger partial charge in [-0.3, -0.25) is 0 Å². The second kappa shape index (κ2) is 4.79. The number of nitrogens with zero attached hydrogens (tertiary/aromatic N) is 1. The zero-order valence-electron chi connectivity index (χ0n) is 10.0. The molecule has 0 unspecified atom stereocenters. The highest BCUT2D eigenvalue weighted by atomic mass is 19.4. The number of nitrogens with two attached hydrogens (primary N) is 1. The number of hydrogen-bond acceptors (Lipinski definition) is 3. The van der Waals surface area contributed by atoms with E-state index >= 15 is 0 Å². The van der Waals surface area contributed by atoms with Crippen LogP contribution in [-0.2, 0) is 6.18 Å². The monoisotopic (exact) mass is 268 g/mol. The van der Waals surface area contributed by atoms with Crippen molar-refractivity contribution in [3.8, 4) is 11.6 Å². The zero-order valence-corrected chi connectivity index (χ0v) is 10.0. The molecule has 6 heteroatoms. The third-order valence-corrected chi connectivity index (χ3v) is 2.43. The molecule has 19 heavy (non-hydrogen) atoms. The maximum atomic E-state index is 12.4. The van der Waals surface area contributed by atoms with E-state index in [-0.39, 0.29) is 11.6 Å². The Bertz CT molecular complexity index is 579. The molecule has 1 aromatic heterocycles. The number of halogens is 3. The van der Waals surface area contributed by atoms with Crippen molar-refractivity contribution in [3.05, 3.63) is 47.7 Å². The van der Waals surface area contributed by atoms with Crippen LogP contribution in [0.5, 0.6) is 11.6 Å². The van der Waals surface area contributed by atoms with Crippen molar-refractivity contribution in [1.29, 1.82) is 0 Å². The van der Waals surface area contributed by atoms with E-state index in [0.717, 1.165) is 12.1 Å². The molecule has 2 aromatic rings. The van der Waals surface area contributed by atoms with Gasteiger partial charge in [-0.05, 0) is 43.3 Å². The predicted molar refractivity (Wildman–Crippen MR) is 64.9 cm³/mol. The maximum Gasteiger partial charge on any atom is 0.416 e. The molecule has 0 saturated heterocycles. The lowest BCUT2D eigenvalue weighted by atomic mass is 10.2. The lowest BCUT2D eigenvalue weighted by molar-refractivity contribution is -0.137. The van der Waals surface area contributed by atoms with Crippen molar-refractivity contribution >= 4 is 5.69 Å². The molecule has 100 valence electrons. The number of hydrogen-bond donors (Lipinski definition) is 1. The second-order valence-electron chi connectivity index (χ2n) is 3.97. The van der Waals surface area contributed by atoms with Crippen LogP contribution >= 0.6 is 0 Å². The molecule has 2 rings (SSSR count). The van der Waals surface area contributed by atoms with Crippen molar-refractivity contribution in [3.63, 3.8) is 0 Å². The Morgan fingerprint density at radius 3 is 2.26 bits per heavy atom. The summed E-state index contributed by atoms with van der Waals surface area (Å²) in [5, 5.41) is 0. The number of rotatable bonds is 2. The van der Waals surface area contributed by atoms with E-state index in [2.05, 4.69) is 4.98 Å². The first kappa shape index (κ1) is 13.2. The largest absolute Gasteiger partial charge is 0.437 e. The van der Waals surface area contributed by atoms with Crippen LogP contribution in [0.2, 0.25) is 0 Å². The number of aromatic nitrogens is 1. The molecule has 0 aliphatic carbocycles. The minimum Gasteiger partial charge on any atom is -0.437 e. The van der Waals surface area contributed by atoms with E-state index in [0.29, 0.717) is 11.4 Å². The van der Waals surface area contributed by atoms with Gasteiger partial charge in [0.05, 0.1) is 11.3 Å². The molecule has 0 aliphatic rings. The number of ether oxygens (including phenoxy) is 1. The molecule has 0 radical (unpaired) electrons. The normalized spacial score (nSPS) is 11.4. The number of nitrogen functional groups attached to an aromatic ring is 1. The average Bonchev–Trinajstić information content (AvgIpc) is 2.33. The molecule has 0 amide bonds. The summed E-state index contributed by atoms with van der Waals surface area (Å²) in [7, 11) is 0. The minimum atomic E-state index is -4.36. The quantitative estimate of drug-likeness (QED) is 0.901. The number of pyridine rings is 1. The van der Waals surface area contributed by atoms with Gasteiger partial charge in [0, 0.05) is 5.69 Å². The van der Waals surface area contributed by atoms with E-state index in [1.165, 1.54) is 12.1 Å². The van der Waals surface area contributed by atoms with Gasteiger partial charge in [0.15, 0.2) is 0 Å². The van der Waals surface area contributed by atoms with Gasteiger partial charge >= 0.3 is 6.18 Å². The van der Waals surface area contributed by atoms with E-state index in [1.807, 2.05) is 0 Å². The highest BCUT2D eigenvalue weighted by Gasteiger charge is 2.30. The highest BCUT2D eigenvalue weighted by Crippen LogP contribution is 2.32. The fraction of sp³-hybridized carbons (Fsp3) is 0.154. The van der Waals surface area contributed by atoms with Crippen LogP contribution in [0, 0.1) is 6.92 Å². The molecule has 0 atom stereocenters. The van der Waals surface area contributed by atoms with Crippen LogP contribution in [0.4, 0.5) is 18.9 Å². The summed E-state index contributed by atoms with van der Waals surface area (Å²) in [5.74, 6) is 0.428. The summed E-state index contributed by atoms with van der Waals surface area (Å²) in [5.41, 5.74) is 5.97. The highest BCUT2D eigenvalue weighted by molar-refractivity contribution is 5.50. The number of anilines is 1. The fourth-order valence-electron chi connectivity index (χ4n) is 1.45. The molecule has 0 bridgehead atoms. The van der Waals surface area contributed by atoms with Crippen molar-refractivity contribution in [1.82, 2.24) is 4.98 Å². The molecular formula is C13H11F3N2O. The van der Waals surface area contributed by atoms with Crippen LogP contribution < -0.4 is 10.5 Å². The Morgan fingerprint density at radius 2 is 1.68 bits per heavy atom. The Kier molecular flexibility index (Phi) is 3.33. The first-order valence-corrected chi connectivity index (χ1v) is 5.44. The molecule has 2 N–H and O–H groups in total. The Balaban J connectivity index is 2.22. The van der Waals surface area contributed by atoms with Gasteiger partial charge in [-0.2, -0.15) is 13.2 Å². The third-order valence-electron chi connectivity index (χ3n) is 2.43. The Morgan fingerprint density at radius 1 is 1.05 bits per heavy atom. The van der Waals surface area contributed by atoms with Gasteiger partial charge in [0.2, 0.25) is 5.88 Å². The SMILES string of the molecule is Cc1ccc(N)c(Oc2ccc(C(F)(F)F)cc2)n1. The first-order valence-electron chi connectivity index (χ1n) is 5.44. The third kappa shape index (κ3) is 3.15. The van der Waals surface area contributed by atoms with Gasteiger partial charge in [-0.1, -0.05) is 0 Å². The smallest absolute Gasteiger partial charge is 0.416 e. The van der Waals surface area contributed by atoms with Crippen LogP contribution in [0.3, 0.4) is 0 Å². The lowest BCUT2D eigenvalue weighted by Crippen LogP contribution is -2.04. The van der Waals surface area contributed by atoms with Gasteiger partial charge in [0.1, 0.15) is 5.75 Å². The maximum absolute atomic E-state index is 12.4. The topological polar surface area (TPSA) is 48.1 Å². The van der Waals surface area contributed by atoms with Gasteiger partial charge in [-0.15, -0.1) is 0 Å². The molecule has 0 aliphatic heterocycles. The molecule has 1 aromatic carbocycles. The molecule has 0 saturated carbocycles. The Hall–Kier alpha value is -2.24. The molecule has 0 spiro atoms. The molecule has 0 fully saturated rings. The van der Waals surface area contributed by atoms with E-state index in [4.69, 9.17) is 10.5 Å². The van der Waals surface area contributed by atoms with Crippen LogP contribution in [0.25, 0.3) is 0 Å². The van der Waals surface area contributed by atoms with E-state index < -0.39 is 11.7 Å². The van der Waals surface area contributed by atoms with Crippen molar-refractivity contribution in [2.24, 2.45) is 0 Å². The van der Waals surface area contributed by atoms with E-state index in [1.54, 1.807) is 19.1 Å². The van der Waals surface area contributed by atoms with Gasteiger partial charge < -0.3 is 10.5 Å². The van der Waals surface area contributed by atoms with E-state index in [9.17, 15) is 13.2 Å². The van der Waals surface area contributed by atoms with Crippen LogP contribution in [0.15, 0.2) is 36.4 Å². The minimum absolute atomic E-state index is 0.180. The summed E-state index contributed by atoms with van der Waals surface area (Å²) < 4.78 is 42.5. The van der Waals surface area contributed by atoms with Crippen molar-refractivity contribution < 1.29 is 17.9 Å². The first-order chi connectivity index (χ1) is 8.86. The summed E-state index contributed by atoms with van der Waals surface area (Å²) in [4.78, 5) is 4.07. The summed E-state index contributed by atoms with van der Waals surface area (Å²) >= 11 is 0. The number of alkyl halides is 3. The average molecular weight is 268 g/mol. The van der Waals surface area contributed by atoms with Crippen molar-refractivity contribution in [2.45, 2.75) is 13.1 Å². The number of benzene rings is 1. The fourth-order valence-corrected chi connectivity index (χ4v) is 1.45. The predicted octanol–water partition coefficient (Wildman–Crippen LogP) is 3.78. The van der Waals surface area contributed by atoms with Gasteiger partial charge in [-0.25, -0.2) is 4.98 Å². The standard InChI is InChI=1S/C13H11F3N2O/c1-8-2-7-11(17)12(18-8)19-10-5-3-9(4-6-10)13(14,15)16/h2-7H,17H2,1H3. The summed E-state index contributed by atoms with van der Waals surface area (Å²) in [6.07, 6.45) is -4.36. The van der Waals surface area contributed by atoms with Crippen LogP contribution in [0.1, 0.15) is 11.3 Å². The molecule has 1 heterocycles. The zero-order chi connectivity index (χ0) is 14.0. The molecule has 3 nitrogen and oxygen atoms in total. The Labute approximate surface area is 107 Å². The summed E-state index contributed by atoms with van der Waals surface area (Å²) in [6.45, 7) is 1.76. The summed E-state index contributed by atoms with van der Waals surface area (Å²) in [6, 6.07) is 7.69. The van der Waals surface area contributed by atoms with Gasteiger partial charge in [0.25, 0.3) is 0 Å².